The van der Waals surface area contributed by atoms with Crippen molar-refractivity contribution in [1.82, 2.24) is 5.32 Å². The molecule has 1 amide bonds. The van der Waals surface area contributed by atoms with Crippen LogP contribution in [0.3, 0.4) is 0 Å². The Hall–Kier alpha value is -2.35. The number of carbonyl (C=O) groups is 1. The maximum atomic E-state index is 11.9. The maximum absolute atomic E-state index is 11.9. The minimum atomic E-state index is -0.564. The minimum Gasteiger partial charge on any atom is -0.454 e. The molecule has 8 heteroatoms. The van der Waals surface area contributed by atoms with Crippen molar-refractivity contribution < 1.29 is 19.2 Å². The van der Waals surface area contributed by atoms with Gasteiger partial charge in [0.1, 0.15) is 5.69 Å². The van der Waals surface area contributed by atoms with Gasteiger partial charge in [0.25, 0.3) is 5.69 Å². The maximum Gasteiger partial charge on any atom is 0.296 e. The van der Waals surface area contributed by atoms with Crippen LogP contribution >= 0.6 is 0 Å². The number of nitrogens with one attached hydrogen (secondary N) is 2. The zero-order valence-corrected chi connectivity index (χ0v) is 11.8. The van der Waals surface area contributed by atoms with Crippen molar-refractivity contribution in [3.8, 4) is 11.5 Å². The molecule has 0 fully saturated rings. The van der Waals surface area contributed by atoms with Crippen LogP contribution in [0, 0.1) is 10.1 Å². The van der Waals surface area contributed by atoms with Crippen molar-refractivity contribution in [2.75, 3.05) is 18.7 Å². The largest absolute Gasteiger partial charge is 0.454 e. The molecule has 8 nitrogen and oxygen atoms in total. The summed E-state index contributed by atoms with van der Waals surface area (Å²) < 4.78 is 10.3. The Morgan fingerprint density at radius 1 is 1.43 bits per heavy atom. The van der Waals surface area contributed by atoms with E-state index in [1.807, 2.05) is 13.8 Å². The average molecular weight is 295 g/mol. The van der Waals surface area contributed by atoms with Crippen LogP contribution in [-0.2, 0) is 4.79 Å². The highest BCUT2D eigenvalue weighted by molar-refractivity contribution is 5.94. The van der Waals surface area contributed by atoms with Crippen LogP contribution in [0.2, 0.25) is 0 Å². The third-order valence-electron chi connectivity index (χ3n) is 3.01. The van der Waals surface area contributed by atoms with Gasteiger partial charge in [-0.25, -0.2) is 0 Å². The summed E-state index contributed by atoms with van der Waals surface area (Å²) in [5, 5.41) is 16.7. The number of amides is 1. The summed E-state index contributed by atoms with van der Waals surface area (Å²) in [5.41, 5.74) is -0.110. The molecule has 2 N–H and O–H groups in total. The van der Waals surface area contributed by atoms with Crippen LogP contribution in [0.4, 0.5) is 11.4 Å². The summed E-state index contributed by atoms with van der Waals surface area (Å²) >= 11 is 0. The van der Waals surface area contributed by atoms with E-state index in [-0.39, 0.29) is 36.5 Å². The Morgan fingerprint density at radius 2 is 2.10 bits per heavy atom. The summed E-state index contributed by atoms with van der Waals surface area (Å²) in [4.78, 5) is 22.4. The van der Waals surface area contributed by atoms with E-state index < -0.39 is 4.92 Å². The lowest BCUT2D eigenvalue weighted by Crippen LogP contribution is -2.30. The second-order valence-corrected chi connectivity index (χ2v) is 4.69. The van der Waals surface area contributed by atoms with Crippen LogP contribution in [0.1, 0.15) is 20.3 Å². The van der Waals surface area contributed by atoms with Crippen LogP contribution in [0.25, 0.3) is 0 Å². The molecule has 21 heavy (non-hydrogen) atoms. The molecule has 0 spiro atoms. The van der Waals surface area contributed by atoms with E-state index in [0.717, 1.165) is 6.54 Å². The summed E-state index contributed by atoms with van der Waals surface area (Å²) in [6, 6.07) is 2.66. The van der Waals surface area contributed by atoms with Gasteiger partial charge >= 0.3 is 0 Å². The number of hydrogen-bond acceptors (Lipinski definition) is 6. The first kappa shape index (κ1) is 15.0. The van der Waals surface area contributed by atoms with Crippen molar-refractivity contribution >= 4 is 17.3 Å². The fourth-order valence-corrected chi connectivity index (χ4v) is 2.08. The summed E-state index contributed by atoms with van der Waals surface area (Å²) in [6.07, 6.45) is 0.222. The smallest absolute Gasteiger partial charge is 0.296 e. The molecule has 0 saturated heterocycles. The number of nitrogens with zero attached hydrogens (tertiary/aromatic N) is 1. The van der Waals surface area contributed by atoms with Gasteiger partial charge in [-0.2, -0.15) is 0 Å². The molecule has 0 radical (unpaired) electrons. The van der Waals surface area contributed by atoms with Gasteiger partial charge in [-0.15, -0.1) is 0 Å². The molecule has 2 rings (SSSR count). The van der Waals surface area contributed by atoms with E-state index in [0.29, 0.717) is 11.5 Å². The van der Waals surface area contributed by atoms with E-state index >= 15 is 0 Å². The van der Waals surface area contributed by atoms with Crippen LogP contribution in [0.15, 0.2) is 12.1 Å². The minimum absolute atomic E-state index is 0.0110. The van der Waals surface area contributed by atoms with Gasteiger partial charge in [-0.05, 0) is 13.5 Å². The van der Waals surface area contributed by atoms with Crippen molar-refractivity contribution in [2.24, 2.45) is 0 Å². The molecule has 1 heterocycles. The van der Waals surface area contributed by atoms with Gasteiger partial charge in [0, 0.05) is 18.5 Å². The first-order chi connectivity index (χ1) is 10.0. The SMILES string of the molecule is CCNC(C)CC(=O)Nc1cc2c(cc1[N+](=O)[O-])OCO2. The number of benzene rings is 1. The molecule has 114 valence electrons. The molecular formula is C13H17N3O5. The Kier molecular flexibility index (Phi) is 4.59. The standard InChI is InChI=1S/C13H17N3O5/c1-3-14-8(2)4-13(17)15-9-5-11-12(21-7-20-11)6-10(9)16(18)19/h5-6,8,14H,3-4,7H2,1-2H3,(H,15,17). The summed E-state index contributed by atoms with van der Waals surface area (Å²) in [5.74, 6) is 0.391. The number of nitro groups is 1. The number of rotatable bonds is 6. The fraction of sp³-hybridized carbons (Fsp3) is 0.462. The third-order valence-corrected chi connectivity index (χ3v) is 3.01. The van der Waals surface area contributed by atoms with E-state index in [1.165, 1.54) is 12.1 Å². The molecule has 0 aromatic heterocycles. The molecule has 1 aliphatic heterocycles. The van der Waals surface area contributed by atoms with Crippen molar-refractivity contribution in [1.29, 1.82) is 0 Å². The van der Waals surface area contributed by atoms with Crippen molar-refractivity contribution in [2.45, 2.75) is 26.3 Å². The number of ether oxygens (including phenoxy) is 2. The number of hydrogen-bond donors (Lipinski definition) is 2. The predicted molar refractivity (Wildman–Crippen MR) is 75.6 cm³/mol. The van der Waals surface area contributed by atoms with Gasteiger partial charge in [0.2, 0.25) is 12.7 Å². The molecule has 0 bridgehead atoms. The summed E-state index contributed by atoms with van der Waals surface area (Å²) in [6.45, 7) is 4.58. The third kappa shape index (κ3) is 3.60. The quantitative estimate of drug-likeness (QED) is 0.611. The molecule has 1 unspecified atom stereocenters. The zero-order valence-electron chi connectivity index (χ0n) is 11.8. The molecule has 1 atom stereocenters. The highest BCUT2D eigenvalue weighted by atomic mass is 16.7. The number of fused-ring (bicyclic) bond motifs is 1. The van der Waals surface area contributed by atoms with Crippen molar-refractivity contribution in [3.05, 3.63) is 22.2 Å². The Bertz CT molecular complexity index is 561. The average Bonchev–Trinajstić information content (AvgIpc) is 2.84. The Labute approximate surface area is 121 Å². The first-order valence-electron chi connectivity index (χ1n) is 6.62. The van der Waals surface area contributed by atoms with Gasteiger partial charge < -0.3 is 20.1 Å². The van der Waals surface area contributed by atoms with Crippen LogP contribution in [-0.4, -0.2) is 30.2 Å². The normalized spacial score (nSPS) is 13.8. The van der Waals surface area contributed by atoms with E-state index in [4.69, 9.17) is 9.47 Å². The second kappa shape index (κ2) is 6.40. The molecule has 0 aliphatic carbocycles. The Morgan fingerprint density at radius 3 is 2.71 bits per heavy atom. The Balaban J connectivity index is 2.15. The van der Waals surface area contributed by atoms with Crippen LogP contribution < -0.4 is 20.1 Å². The lowest BCUT2D eigenvalue weighted by atomic mass is 10.2. The van der Waals surface area contributed by atoms with Gasteiger partial charge in [0.15, 0.2) is 11.5 Å². The lowest BCUT2D eigenvalue weighted by molar-refractivity contribution is -0.384. The van der Waals surface area contributed by atoms with Gasteiger partial charge in [0.05, 0.1) is 11.0 Å². The van der Waals surface area contributed by atoms with Gasteiger partial charge in [-0.3, -0.25) is 14.9 Å². The predicted octanol–water partition coefficient (Wildman–Crippen LogP) is 1.65. The van der Waals surface area contributed by atoms with E-state index in [2.05, 4.69) is 10.6 Å². The number of anilines is 1. The molecule has 1 aliphatic rings. The molecule has 1 aromatic rings. The topological polar surface area (TPSA) is 103 Å². The van der Waals surface area contributed by atoms with Gasteiger partial charge in [-0.1, -0.05) is 6.92 Å². The van der Waals surface area contributed by atoms with Crippen LogP contribution in [0.5, 0.6) is 11.5 Å². The first-order valence-corrected chi connectivity index (χ1v) is 6.62. The van der Waals surface area contributed by atoms with Crippen molar-refractivity contribution in [3.63, 3.8) is 0 Å². The number of nitro benzene ring substituents is 1. The number of carbonyl (C=O) groups excluding carboxylic acids is 1. The van der Waals surface area contributed by atoms with E-state index in [1.54, 1.807) is 0 Å². The monoisotopic (exact) mass is 295 g/mol. The highest BCUT2D eigenvalue weighted by Gasteiger charge is 2.24. The molecule has 1 aromatic carbocycles. The highest BCUT2D eigenvalue weighted by Crippen LogP contribution is 2.40. The zero-order chi connectivity index (χ0) is 15.4. The molecular weight excluding hydrogens is 278 g/mol. The second-order valence-electron chi connectivity index (χ2n) is 4.69. The van der Waals surface area contributed by atoms with E-state index in [9.17, 15) is 14.9 Å². The fourth-order valence-electron chi connectivity index (χ4n) is 2.08. The molecule has 0 saturated carbocycles. The summed E-state index contributed by atoms with van der Waals surface area (Å²) in [7, 11) is 0. The lowest BCUT2D eigenvalue weighted by Gasteiger charge is -2.12.